The minimum absolute atomic E-state index is 0.322. The number of carboxylic acids is 1. The van der Waals surface area contributed by atoms with Crippen LogP contribution in [0.2, 0.25) is 0 Å². The highest BCUT2D eigenvalue weighted by atomic mass is 16.5. The SMILES string of the molecule is COc1ccc(C(=O)O)cc1CN1CCCCCC1C. The lowest BCUT2D eigenvalue weighted by molar-refractivity contribution is 0.0696. The van der Waals surface area contributed by atoms with Crippen molar-refractivity contribution in [3.05, 3.63) is 29.3 Å². The molecule has 1 aliphatic rings. The summed E-state index contributed by atoms with van der Waals surface area (Å²) in [6.07, 6.45) is 4.99. The maximum Gasteiger partial charge on any atom is 0.335 e. The van der Waals surface area contributed by atoms with E-state index >= 15 is 0 Å². The van der Waals surface area contributed by atoms with E-state index in [0.29, 0.717) is 11.6 Å². The lowest BCUT2D eigenvalue weighted by atomic mass is 10.1. The molecule has 1 saturated heterocycles. The number of hydrogen-bond donors (Lipinski definition) is 1. The third-order valence-corrected chi connectivity index (χ3v) is 4.09. The second kappa shape index (κ2) is 6.75. The molecule has 1 aliphatic heterocycles. The molecule has 1 aromatic carbocycles. The molecule has 1 N–H and O–H groups in total. The van der Waals surface area contributed by atoms with Crippen LogP contribution in [0, 0.1) is 0 Å². The van der Waals surface area contributed by atoms with E-state index in [1.54, 1.807) is 25.3 Å². The van der Waals surface area contributed by atoms with Crippen LogP contribution < -0.4 is 4.74 Å². The molecule has 0 saturated carbocycles. The van der Waals surface area contributed by atoms with Gasteiger partial charge in [-0.2, -0.15) is 0 Å². The van der Waals surface area contributed by atoms with Crippen LogP contribution in [0.4, 0.5) is 0 Å². The Morgan fingerprint density at radius 1 is 1.40 bits per heavy atom. The van der Waals surface area contributed by atoms with Gasteiger partial charge in [0.2, 0.25) is 0 Å². The highest BCUT2D eigenvalue weighted by Gasteiger charge is 2.19. The number of nitrogens with zero attached hydrogens (tertiary/aromatic N) is 1. The van der Waals surface area contributed by atoms with Crippen LogP contribution in [0.5, 0.6) is 5.75 Å². The first kappa shape index (κ1) is 14.9. The third-order valence-electron chi connectivity index (χ3n) is 4.09. The van der Waals surface area contributed by atoms with Gasteiger partial charge in [-0.1, -0.05) is 12.8 Å². The number of carboxylic acid groups (broad SMARTS) is 1. The Balaban J connectivity index is 2.21. The Labute approximate surface area is 120 Å². The predicted molar refractivity (Wildman–Crippen MR) is 78.3 cm³/mol. The van der Waals surface area contributed by atoms with E-state index in [4.69, 9.17) is 9.84 Å². The fourth-order valence-corrected chi connectivity index (χ4v) is 2.82. The Morgan fingerprint density at radius 3 is 2.90 bits per heavy atom. The number of methoxy groups -OCH3 is 1. The summed E-state index contributed by atoms with van der Waals surface area (Å²) in [4.78, 5) is 13.5. The van der Waals surface area contributed by atoms with Gasteiger partial charge in [-0.05, 0) is 44.5 Å². The monoisotopic (exact) mass is 277 g/mol. The lowest BCUT2D eigenvalue weighted by Gasteiger charge is -2.27. The lowest BCUT2D eigenvalue weighted by Crippen LogP contribution is -2.32. The highest BCUT2D eigenvalue weighted by molar-refractivity contribution is 5.88. The van der Waals surface area contributed by atoms with Crippen molar-refractivity contribution in [2.45, 2.75) is 45.2 Å². The quantitative estimate of drug-likeness (QED) is 0.918. The fraction of sp³-hybridized carbons (Fsp3) is 0.562. The van der Waals surface area contributed by atoms with E-state index < -0.39 is 5.97 Å². The number of hydrogen-bond acceptors (Lipinski definition) is 3. The first-order valence-electron chi connectivity index (χ1n) is 7.26. The maximum absolute atomic E-state index is 11.1. The molecular weight excluding hydrogens is 254 g/mol. The van der Waals surface area contributed by atoms with Crippen LogP contribution >= 0.6 is 0 Å². The van der Waals surface area contributed by atoms with Crippen molar-refractivity contribution in [2.75, 3.05) is 13.7 Å². The Morgan fingerprint density at radius 2 is 2.20 bits per heavy atom. The van der Waals surface area contributed by atoms with Gasteiger partial charge in [-0.15, -0.1) is 0 Å². The van der Waals surface area contributed by atoms with Crippen LogP contribution in [0.1, 0.15) is 48.5 Å². The molecule has 4 nitrogen and oxygen atoms in total. The molecule has 1 aromatic rings. The standard InChI is InChI=1S/C16H23NO3/c1-12-6-4-3-5-9-17(12)11-14-10-13(16(18)19)7-8-15(14)20-2/h7-8,10,12H,3-6,9,11H2,1-2H3,(H,18,19). The number of benzene rings is 1. The Hall–Kier alpha value is -1.55. The summed E-state index contributed by atoms with van der Waals surface area (Å²) in [6, 6.07) is 5.62. The molecule has 0 bridgehead atoms. The van der Waals surface area contributed by atoms with Crippen LogP contribution in [0.3, 0.4) is 0 Å². The van der Waals surface area contributed by atoms with Gasteiger partial charge >= 0.3 is 5.97 Å². The molecule has 0 spiro atoms. The molecular formula is C16H23NO3. The molecule has 0 radical (unpaired) electrons. The summed E-state index contributed by atoms with van der Waals surface area (Å²) >= 11 is 0. The molecule has 1 unspecified atom stereocenters. The van der Waals surface area contributed by atoms with Gasteiger partial charge in [-0.25, -0.2) is 4.79 Å². The third kappa shape index (κ3) is 3.51. The van der Waals surface area contributed by atoms with Gasteiger partial charge in [0.05, 0.1) is 12.7 Å². The average molecular weight is 277 g/mol. The summed E-state index contributed by atoms with van der Waals surface area (Å²) in [6.45, 7) is 4.08. The van der Waals surface area contributed by atoms with Gasteiger partial charge in [0.1, 0.15) is 5.75 Å². The zero-order chi connectivity index (χ0) is 14.5. The van der Waals surface area contributed by atoms with Gasteiger partial charge in [0.25, 0.3) is 0 Å². The Kier molecular flexibility index (Phi) is 5.01. The van der Waals surface area contributed by atoms with Crippen LogP contribution in [-0.2, 0) is 6.54 Å². The molecule has 1 atom stereocenters. The molecule has 0 aliphatic carbocycles. The zero-order valence-corrected chi connectivity index (χ0v) is 12.3. The molecule has 20 heavy (non-hydrogen) atoms. The zero-order valence-electron chi connectivity index (χ0n) is 12.3. The van der Waals surface area contributed by atoms with Crippen molar-refractivity contribution in [2.24, 2.45) is 0 Å². The summed E-state index contributed by atoms with van der Waals surface area (Å²) < 4.78 is 5.37. The molecule has 2 rings (SSSR count). The van der Waals surface area contributed by atoms with Crippen LogP contribution in [-0.4, -0.2) is 35.7 Å². The van der Waals surface area contributed by atoms with E-state index in [-0.39, 0.29) is 0 Å². The van der Waals surface area contributed by atoms with Crippen LogP contribution in [0.25, 0.3) is 0 Å². The number of rotatable bonds is 4. The summed E-state index contributed by atoms with van der Waals surface area (Å²) in [5.41, 5.74) is 1.28. The summed E-state index contributed by atoms with van der Waals surface area (Å²) in [7, 11) is 1.63. The van der Waals surface area contributed by atoms with Crippen molar-refractivity contribution < 1.29 is 14.6 Å². The Bertz CT molecular complexity index is 473. The van der Waals surface area contributed by atoms with E-state index in [0.717, 1.165) is 24.4 Å². The van der Waals surface area contributed by atoms with Crippen molar-refractivity contribution in [1.82, 2.24) is 4.90 Å². The predicted octanol–water partition coefficient (Wildman–Crippen LogP) is 3.16. The molecule has 1 fully saturated rings. The first-order chi connectivity index (χ1) is 9.61. The minimum Gasteiger partial charge on any atom is -0.496 e. The van der Waals surface area contributed by atoms with Crippen molar-refractivity contribution in [3.63, 3.8) is 0 Å². The van der Waals surface area contributed by atoms with Crippen molar-refractivity contribution in [1.29, 1.82) is 0 Å². The number of carbonyl (C=O) groups is 1. The van der Waals surface area contributed by atoms with E-state index in [1.165, 1.54) is 25.7 Å². The molecule has 110 valence electrons. The summed E-state index contributed by atoms with van der Waals surface area (Å²) in [5.74, 6) is -0.121. The molecule has 4 heteroatoms. The number of aromatic carboxylic acids is 1. The van der Waals surface area contributed by atoms with Gasteiger partial charge in [-0.3, -0.25) is 4.90 Å². The van der Waals surface area contributed by atoms with E-state index in [9.17, 15) is 4.79 Å². The number of ether oxygens (including phenoxy) is 1. The largest absolute Gasteiger partial charge is 0.496 e. The van der Waals surface area contributed by atoms with Gasteiger partial charge in [0, 0.05) is 18.2 Å². The average Bonchev–Trinajstić information content (AvgIpc) is 2.64. The van der Waals surface area contributed by atoms with Gasteiger partial charge in [0.15, 0.2) is 0 Å². The summed E-state index contributed by atoms with van der Waals surface area (Å²) in [5, 5.41) is 9.12. The van der Waals surface area contributed by atoms with E-state index in [1.807, 2.05) is 0 Å². The van der Waals surface area contributed by atoms with Crippen molar-refractivity contribution in [3.8, 4) is 5.75 Å². The van der Waals surface area contributed by atoms with Crippen LogP contribution in [0.15, 0.2) is 18.2 Å². The number of likely N-dealkylation sites (tertiary alicyclic amines) is 1. The smallest absolute Gasteiger partial charge is 0.335 e. The maximum atomic E-state index is 11.1. The topological polar surface area (TPSA) is 49.8 Å². The minimum atomic E-state index is -0.891. The molecule has 1 heterocycles. The second-order valence-electron chi connectivity index (χ2n) is 5.50. The highest BCUT2D eigenvalue weighted by Crippen LogP contribution is 2.25. The van der Waals surface area contributed by atoms with E-state index in [2.05, 4.69) is 11.8 Å². The van der Waals surface area contributed by atoms with Gasteiger partial charge < -0.3 is 9.84 Å². The fourth-order valence-electron chi connectivity index (χ4n) is 2.82. The molecule has 0 aromatic heterocycles. The van der Waals surface area contributed by atoms with Crippen molar-refractivity contribution >= 4 is 5.97 Å². The normalized spacial score (nSPS) is 20.4. The first-order valence-corrected chi connectivity index (χ1v) is 7.26. The molecule has 0 amide bonds. The second-order valence-corrected chi connectivity index (χ2v) is 5.50.